The summed E-state index contributed by atoms with van der Waals surface area (Å²) in [7, 11) is 0. The molecule has 2 N–H and O–H groups in total. The van der Waals surface area contributed by atoms with Crippen LogP contribution in [0.2, 0.25) is 20.1 Å². The highest BCUT2D eigenvalue weighted by Crippen LogP contribution is 2.39. The highest BCUT2D eigenvalue weighted by Gasteiger charge is 2.42. The van der Waals surface area contributed by atoms with Crippen LogP contribution in [0, 0.1) is 0 Å². The molecule has 256 valence electrons. The number of nitrogens with two attached hydrogens (primary N) is 1. The minimum absolute atomic E-state index is 0.0373. The van der Waals surface area contributed by atoms with Gasteiger partial charge < -0.3 is 24.8 Å². The summed E-state index contributed by atoms with van der Waals surface area (Å²) in [5.74, 6) is 0.842. The lowest BCUT2D eigenvalue weighted by Crippen LogP contribution is -2.53. The van der Waals surface area contributed by atoms with Gasteiger partial charge in [0.15, 0.2) is 5.75 Å². The number of amides is 2. The van der Waals surface area contributed by atoms with E-state index in [1.807, 2.05) is 62.1 Å². The SMILES string of the molecule is CC(C)(C)OC(=O)N1CCC(c2ccc(OCCOc3c(Cl)cccc3Cl)cc2)=C(C(=O)N(Cc2cccc(Cl)c2Cl)C2CC2)C1CN. The van der Waals surface area contributed by atoms with E-state index in [-0.39, 0.29) is 38.3 Å². The Kier molecular flexibility index (Phi) is 11.8. The number of hydrogen-bond acceptors (Lipinski definition) is 6. The van der Waals surface area contributed by atoms with Crippen molar-refractivity contribution in [2.75, 3.05) is 26.3 Å². The zero-order valence-electron chi connectivity index (χ0n) is 27.1. The standard InChI is InChI=1S/C36H39Cl4N3O5/c1-36(2,3)48-35(45)42-17-16-26(22-10-14-25(15-11-22)46-18-19-47-33-28(38)8-5-9-29(33)39)31(30(42)20-41)34(44)43(24-12-13-24)21-23-6-4-7-27(37)32(23)40/h4-11,14-15,24,30H,12-13,16-21,41H2,1-3H3. The summed E-state index contributed by atoms with van der Waals surface area (Å²) in [5.41, 5.74) is 8.53. The van der Waals surface area contributed by atoms with Gasteiger partial charge in [-0.1, -0.05) is 76.7 Å². The molecular formula is C36H39Cl4N3O5. The van der Waals surface area contributed by atoms with Gasteiger partial charge in [-0.05, 0) is 87.1 Å². The molecule has 48 heavy (non-hydrogen) atoms. The van der Waals surface area contributed by atoms with Crippen molar-refractivity contribution in [3.63, 3.8) is 0 Å². The summed E-state index contributed by atoms with van der Waals surface area (Å²) >= 11 is 25.3. The van der Waals surface area contributed by atoms with Crippen molar-refractivity contribution in [2.45, 2.75) is 64.3 Å². The van der Waals surface area contributed by atoms with E-state index < -0.39 is 17.7 Å². The van der Waals surface area contributed by atoms with Gasteiger partial charge in [0.1, 0.15) is 24.6 Å². The highest BCUT2D eigenvalue weighted by atomic mass is 35.5. The molecule has 0 radical (unpaired) electrons. The monoisotopic (exact) mass is 733 g/mol. The molecule has 0 saturated heterocycles. The van der Waals surface area contributed by atoms with Crippen LogP contribution >= 0.6 is 46.4 Å². The van der Waals surface area contributed by atoms with E-state index in [0.717, 1.165) is 29.5 Å². The number of halogens is 4. The third-order valence-electron chi connectivity index (χ3n) is 8.06. The van der Waals surface area contributed by atoms with Gasteiger partial charge in [0, 0.05) is 31.2 Å². The minimum Gasteiger partial charge on any atom is -0.490 e. The van der Waals surface area contributed by atoms with E-state index >= 15 is 0 Å². The van der Waals surface area contributed by atoms with Crippen LogP contribution in [0.3, 0.4) is 0 Å². The van der Waals surface area contributed by atoms with E-state index in [1.165, 1.54) is 0 Å². The molecule has 0 bridgehead atoms. The Balaban J connectivity index is 1.42. The zero-order chi connectivity index (χ0) is 34.6. The Hall–Kier alpha value is -3.14. The number of nitrogens with zero attached hydrogens (tertiary/aromatic N) is 2. The number of ether oxygens (including phenoxy) is 3. The topological polar surface area (TPSA) is 94.3 Å². The van der Waals surface area contributed by atoms with E-state index in [0.29, 0.717) is 50.1 Å². The fraction of sp³-hybridized carbons (Fsp3) is 0.389. The van der Waals surface area contributed by atoms with Crippen molar-refractivity contribution < 1.29 is 23.8 Å². The summed E-state index contributed by atoms with van der Waals surface area (Å²) < 4.78 is 17.4. The quantitative estimate of drug-likeness (QED) is 0.198. The van der Waals surface area contributed by atoms with E-state index in [4.69, 9.17) is 66.3 Å². The van der Waals surface area contributed by atoms with Crippen LogP contribution in [0.5, 0.6) is 11.5 Å². The van der Waals surface area contributed by atoms with Crippen LogP contribution in [0.4, 0.5) is 4.79 Å². The molecule has 1 fully saturated rings. The molecule has 0 aromatic heterocycles. The molecule has 2 amide bonds. The Morgan fingerprint density at radius 1 is 0.896 bits per heavy atom. The van der Waals surface area contributed by atoms with Crippen LogP contribution in [0.15, 0.2) is 66.2 Å². The Morgan fingerprint density at radius 3 is 2.15 bits per heavy atom. The predicted octanol–water partition coefficient (Wildman–Crippen LogP) is 8.67. The molecule has 0 spiro atoms. The number of carbonyl (C=O) groups is 2. The van der Waals surface area contributed by atoms with Gasteiger partial charge in [-0.3, -0.25) is 9.69 Å². The molecule has 1 unspecified atom stereocenters. The summed E-state index contributed by atoms with van der Waals surface area (Å²) in [6.07, 6.45) is 1.66. The van der Waals surface area contributed by atoms with Gasteiger partial charge in [0.25, 0.3) is 5.91 Å². The number of hydrogen-bond donors (Lipinski definition) is 1. The normalized spacial score (nSPS) is 16.5. The molecule has 3 aromatic rings. The van der Waals surface area contributed by atoms with Gasteiger partial charge in [-0.25, -0.2) is 4.79 Å². The fourth-order valence-electron chi connectivity index (χ4n) is 5.67. The largest absolute Gasteiger partial charge is 0.490 e. The van der Waals surface area contributed by atoms with Crippen molar-refractivity contribution >= 4 is 64.0 Å². The lowest BCUT2D eigenvalue weighted by molar-refractivity contribution is -0.129. The lowest BCUT2D eigenvalue weighted by atomic mass is 9.87. The van der Waals surface area contributed by atoms with E-state index in [1.54, 1.807) is 29.2 Å². The van der Waals surface area contributed by atoms with E-state index in [9.17, 15) is 9.59 Å². The average Bonchev–Trinajstić information content (AvgIpc) is 3.89. The van der Waals surface area contributed by atoms with Crippen LogP contribution in [0.1, 0.15) is 51.2 Å². The van der Waals surface area contributed by atoms with Gasteiger partial charge in [-0.2, -0.15) is 0 Å². The number of benzene rings is 3. The Labute approximate surface area is 301 Å². The lowest BCUT2D eigenvalue weighted by Gasteiger charge is -2.40. The second kappa shape index (κ2) is 15.6. The van der Waals surface area contributed by atoms with Crippen LogP contribution in [-0.2, 0) is 16.1 Å². The maximum absolute atomic E-state index is 14.7. The summed E-state index contributed by atoms with van der Waals surface area (Å²) in [6, 6.07) is 17.4. The molecule has 2 aliphatic rings. The number of para-hydroxylation sites is 1. The maximum Gasteiger partial charge on any atom is 0.410 e. The second-order valence-electron chi connectivity index (χ2n) is 12.7. The number of carbonyl (C=O) groups excluding carboxylic acids is 2. The highest BCUT2D eigenvalue weighted by molar-refractivity contribution is 6.42. The van der Waals surface area contributed by atoms with E-state index in [2.05, 4.69) is 0 Å². The van der Waals surface area contributed by atoms with Crippen LogP contribution in [-0.4, -0.2) is 65.8 Å². The van der Waals surface area contributed by atoms with Gasteiger partial charge in [0.05, 0.1) is 26.1 Å². The third kappa shape index (κ3) is 8.71. The first-order chi connectivity index (χ1) is 22.9. The molecule has 1 saturated carbocycles. The number of rotatable bonds is 11. The molecule has 3 aromatic carbocycles. The molecule has 1 heterocycles. The molecule has 12 heteroatoms. The first-order valence-electron chi connectivity index (χ1n) is 15.8. The molecule has 1 aliphatic carbocycles. The summed E-state index contributed by atoms with van der Waals surface area (Å²) in [4.78, 5) is 31.5. The van der Waals surface area contributed by atoms with Gasteiger partial charge >= 0.3 is 6.09 Å². The van der Waals surface area contributed by atoms with Crippen LogP contribution < -0.4 is 15.2 Å². The zero-order valence-corrected chi connectivity index (χ0v) is 30.1. The molecule has 5 rings (SSSR count). The smallest absolute Gasteiger partial charge is 0.410 e. The first-order valence-corrected chi connectivity index (χ1v) is 17.4. The average molecular weight is 736 g/mol. The molecule has 1 aliphatic heterocycles. The van der Waals surface area contributed by atoms with Crippen molar-refractivity contribution in [2.24, 2.45) is 5.73 Å². The molecule has 1 atom stereocenters. The Morgan fingerprint density at radius 2 is 1.52 bits per heavy atom. The van der Waals surface area contributed by atoms with Gasteiger partial charge in [-0.15, -0.1) is 0 Å². The first kappa shape index (κ1) is 36.1. The van der Waals surface area contributed by atoms with Crippen molar-refractivity contribution in [1.29, 1.82) is 0 Å². The predicted molar refractivity (Wildman–Crippen MR) is 191 cm³/mol. The second-order valence-corrected chi connectivity index (χ2v) is 14.3. The maximum atomic E-state index is 14.7. The van der Waals surface area contributed by atoms with Crippen molar-refractivity contribution in [3.05, 3.63) is 97.5 Å². The third-order valence-corrected chi connectivity index (χ3v) is 9.51. The minimum atomic E-state index is -0.714. The van der Waals surface area contributed by atoms with Crippen molar-refractivity contribution in [3.8, 4) is 11.5 Å². The molecular weight excluding hydrogens is 696 g/mol. The Bertz CT molecular complexity index is 1650. The summed E-state index contributed by atoms with van der Waals surface area (Å²) in [5, 5.41) is 1.69. The summed E-state index contributed by atoms with van der Waals surface area (Å²) in [6.45, 7) is 6.58. The van der Waals surface area contributed by atoms with Crippen molar-refractivity contribution in [1.82, 2.24) is 9.80 Å². The molecule has 8 nitrogen and oxygen atoms in total. The fourth-order valence-corrected chi connectivity index (χ4v) is 6.56. The van der Waals surface area contributed by atoms with Crippen LogP contribution in [0.25, 0.3) is 5.57 Å². The van der Waals surface area contributed by atoms with Gasteiger partial charge in [0.2, 0.25) is 0 Å².